The number of piperidine rings is 1. The van der Waals surface area contributed by atoms with Gasteiger partial charge >= 0.3 is 0 Å². The molecule has 2 rings (SSSR count). The van der Waals surface area contributed by atoms with Crippen LogP contribution in [0, 0.1) is 11.7 Å². The first-order chi connectivity index (χ1) is 8.08. The third kappa shape index (κ3) is 3.26. The van der Waals surface area contributed by atoms with Crippen LogP contribution < -0.4 is 5.32 Å². The Morgan fingerprint density at radius 3 is 2.65 bits per heavy atom. The van der Waals surface area contributed by atoms with E-state index in [-0.39, 0.29) is 16.6 Å². The van der Waals surface area contributed by atoms with Crippen molar-refractivity contribution in [3.63, 3.8) is 0 Å². The summed E-state index contributed by atoms with van der Waals surface area (Å²) in [5, 5.41) is 3.19. The number of nitrogens with one attached hydrogen (secondary N) is 1. The van der Waals surface area contributed by atoms with Gasteiger partial charge in [0.1, 0.15) is 5.82 Å². The number of hydrogen-bond donors (Lipinski definition) is 1. The van der Waals surface area contributed by atoms with Crippen molar-refractivity contribution < 1.29 is 12.8 Å². The molecule has 0 atom stereocenters. The number of benzene rings is 1. The van der Waals surface area contributed by atoms with E-state index in [1.54, 1.807) is 0 Å². The van der Waals surface area contributed by atoms with Crippen LogP contribution in [0.2, 0.25) is 0 Å². The van der Waals surface area contributed by atoms with Gasteiger partial charge < -0.3 is 5.32 Å². The standard InChI is InChI=1S/C12H16FNO2S/c13-11-2-1-3-12(8-11)17(15,16)9-10-4-6-14-7-5-10/h1-3,8,10,14H,4-7,9H2. The van der Waals surface area contributed by atoms with E-state index < -0.39 is 15.7 Å². The minimum atomic E-state index is -3.35. The maximum Gasteiger partial charge on any atom is 0.178 e. The Morgan fingerprint density at radius 1 is 1.29 bits per heavy atom. The predicted octanol–water partition coefficient (Wildman–Crippen LogP) is 1.60. The molecule has 1 heterocycles. The van der Waals surface area contributed by atoms with Gasteiger partial charge in [0.05, 0.1) is 10.6 Å². The molecule has 1 aliphatic heterocycles. The molecule has 1 aliphatic rings. The fraction of sp³-hybridized carbons (Fsp3) is 0.500. The second-order valence-corrected chi connectivity index (χ2v) is 6.47. The van der Waals surface area contributed by atoms with Crippen LogP contribution in [0.3, 0.4) is 0 Å². The van der Waals surface area contributed by atoms with Gasteiger partial charge in [0, 0.05) is 0 Å². The minimum absolute atomic E-state index is 0.0935. The zero-order valence-electron chi connectivity index (χ0n) is 9.52. The van der Waals surface area contributed by atoms with E-state index in [1.807, 2.05) is 0 Å². The monoisotopic (exact) mass is 257 g/mol. The molecular formula is C12H16FNO2S. The fourth-order valence-electron chi connectivity index (χ4n) is 2.12. The molecule has 0 amide bonds. The Morgan fingerprint density at radius 2 is 2.00 bits per heavy atom. The molecule has 1 aromatic rings. The van der Waals surface area contributed by atoms with E-state index in [0.29, 0.717) is 0 Å². The molecule has 3 nitrogen and oxygen atoms in total. The summed E-state index contributed by atoms with van der Waals surface area (Å²) in [4.78, 5) is 0.0935. The molecule has 0 radical (unpaired) electrons. The molecule has 1 fully saturated rings. The van der Waals surface area contributed by atoms with Gasteiger partial charge in [-0.1, -0.05) is 6.07 Å². The van der Waals surface area contributed by atoms with Crippen molar-refractivity contribution in [1.29, 1.82) is 0 Å². The molecule has 0 aromatic heterocycles. The molecule has 17 heavy (non-hydrogen) atoms. The first-order valence-electron chi connectivity index (χ1n) is 5.77. The van der Waals surface area contributed by atoms with Crippen molar-refractivity contribution in [3.05, 3.63) is 30.1 Å². The van der Waals surface area contributed by atoms with Gasteiger partial charge in [0.25, 0.3) is 0 Å². The van der Waals surface area contributed by atoms with Crippen molar-refractivity contribution in [2.45, 2.75) is 17.7 Å². The lowest BCUT2D eigenvalue weighted by atomic mass is 10.0. The first kappa shape index (κ1) is 12.5. The number of rotatable bonds is 3. The van der Waals surface area contributed by atoms with Crippen LogP contribution in [0.1, 0.15) is 12.8 Å². The zero-order chi connectivity index (χ0) is 12.3. The largest absolute Gasteiger partial charge is 0.317 e. The van der Waals surface area contributed by atoms with E-state index in [0.717, 1.165) is 32.0 Å². The molecule has 1 aromatic carbocycles. The fourth-order valence-corrected chi connectivity index (χ4v) is 3.84. The van der Waals surface area contributed by atoms with Gasteiger partial charge in [-0.05, 0) is 50.0 Å². The molecule has 1 saturated heterocycles. The summed E-state index contributed by atoms with van der Waals surface area (Å²) in [5.41, 5.74) is 0. The van der Waals surface area contributed by atoms with Crippen LogP contribution in [-0.4, -0.2) is 27.3 Å². The topological polar surface area (TPSA) is 46.2 Å². The van der Waals surface area contributed by atoms with Crippen LogP contribution in [0.4, 0.5) is 4.39 Å². The molecular weight excluding hydrogens is 241 g/mol. The predicted molar refractivity (Wildman–Crippen MR) is 64.0 cm³/mol. The zero-order valence-corrected chi connectivity index (χ0v) is 10.3. The van der Waals surface area contributed by atoms with Crippen molar-refractivity contribution in [1.82, 2.24) is 5.32 Å². The maximum atomic E-state index is 13.0. The van der Waals surface area contributed by atoms with Crippen LogP contribution in [0.15, 0.2) is 29.2 Å². The summed E-state index contributed by atoms with van der Waals surface area (Å²) in [6.07, 6.45) is 1.74. The SMILES string of the molecule is O=S(=O)(CC1CCNCC1)c1cccc(F)c1. The highest BCUT2D eigenvalue weighted by Crippen LogP contribution is 2.20. The van der Waals surface area contributed by atoms with E-state index in [2.05, 4.69) is 5.32 Å². The molecule has 94 valence electrons. The molecule has 0 saturated carbocycles. The highest BCUT2D eigenvalue weighted by molar-refractivity contribution is 7.91. The van der Waals surface area contributed by atoms with Crippen molar-refractivity contribution >= 4 is 9.84 Å². The van der Waals surface area contributed by atoms with Gasteiger partial charge in [-0.15, -0.1) is 0 Å². The van der Waals surface area contributed by atoms with Crippen LogP contribution >= 0.6 is 0 Å². The molecule has 0 aliphatic carbocycles. The van der Waals surface area contributed by atoms with Gasteiger partial charge in [0.2, 0.25) is 0 Å². The summed E-state index contributed by atoms with van der Waals surface area (Å²) in [5.74, 6) is -0.195. The van der Waals surface area contributed by atoms with Crippen LogP contribution in [0.25, 0.3) is 0 Å². The summed E-state index contributed by atoms with van der Waals surface area (Å²) >= 11 is 0. The third-order valence-corrected chi connectivity index (χ3v) is 4.95. The summed E-state index contributed by atoms with van der Waals surface area (Å²) in [6.45, 7) is 1.73. The molecule has 5 heteroatoms. The van der Waals surface area contributed by atoms with Crippen LogP contribution in [-0.2, 0) is 9.84 Å². The van der Waals surface area contributed by atoms with E-state index in [1.165, 1.54) is 18.2 Å². The quantitative estimate of drug-likeness (QED) is 0.894. The molecule has 1 N–H and O–H groups in total. The highest BCUT2D eigenvalue weighted by atomic mass is 32.2. The lowest BCUT2D eigenvalue weighted by molar-refractivity contribution is 0.401. The summed E-state index contributed by atoms with van der Waals surface area (Å²) in [7, 11) is -3.35. The Bertz CT molecular complexity index is 481. The Hall–Kier alpha value is -0.940. The molecule has 0 spiro atoms. The first-order valence-corrected chi connectivity index (χ1v) is 7.42. The highest BCUT2D eigenvalue weighted by Gasteiger charge is 2.23. The molecule has 0 unspecified atom stereocenters. The summed E-state index contributed by atoms with van der Waals surface area (Å²) in [6, 6.07) is 5.24. The smallest absolute Gasteiger partial charge is 0.178 e. The van der Waals surface area contributed by atoms with Gasteiger partial charge in [-0.3, -0.25) is 0 Å². The second-order valence-electron chi connectivity index (χ2n) is 4.43. The Balaban J connectivity index is 2.13. The van der Waals surface area contributed by atoms with Crippen molar-refractivity contribution in [3.8, 4) is 0 Å². The third-order valence-electron chi connectivity index (χ3n) is 3.07. The normalized spacial score (nSPS) is 18.2. The lowest BCUT2D eigenvalue weighted by Gasteiger charge is -2.22. The minimum Gasteiger partial charge on any atom is -0.317 e. The number of sulfone groups is 1. The van der Waals surface area contributed by atoms with Crippen molar-refractivity contribution in [2.24, 2.45) is 5.92 Å². The lowest BCUT2D eigenvalue weighted by Crippen LogP contribution is -2.31. The Kier molecular flexibility index (Phi) is 3.79. The summed E-state index contributed by atoms with van der Waals surface area (Å²) < 4.78 is 37.1. The van der Waals surface area contributed by atoms with E-state index in [9.17, 15) is 12.8 Å². The second kappa shape index (κ2) is 5.14. The van der Waals surface area contributed by atoms with E-state index in [4.69, 9.17) is 0 Å². The van der Waals surface area contributed by atoms with Crippen molar-refractivity contribution in [2.75, 3.05) is 18.8 Å². The van der Waals surface area contributed by atoms with E-state index >= 15 is 0 Å². The van der Waals surface area contributed by atoms with Crippen LogP contribution in [0.5, 0.6) is 0 Å². The van der Waals surface area contributed by atoms with Gasteiger partial charge in [-0.2, -0.15) is 0 Å². The average molecular weight is 257 g/mol. The maximum absolute atomic E-state index is 13.0. The van der Waals surface area contributed by atoms with Gasteiger partial charge in [0.15, 0.2) is 9.84 Å². The average Bonchev–Trinajstić information content (AvgIpc) is 2.30. The number of halogens is 1. The molecule has 0 bridgehead atoms. The van der Waals surface area contributed by atoms with Gasteiger partial charge in [-0.25, -0.2) is 12.8 Å². The number of hydrogen-bond acceptors (Lipinski definition) is 3. The Labute approximate surface area is 101 Å².